The fraction of sp³-hybridized carbons (Fsp3) is 0.529. The molecule has 1 heterocycles. The lowest BCUT2D eigenvalue weighted by Crippen LogP contribution is -2.31. The van der Waals surface area contributed by atoms with E-state index in [1.165, 1.54) is 0 Å². The van der Waals surface area contributed by atoms with Crippen LogP contribution in [-0.2, 0) is 11.2 Å². The van der Waals surface area contributed by atoms with Crippen LogP contribution in [0.15, 0.2) is 12.4 Å². The first-order chi connectivity index (χ1) is 10.6. The first-order valence-corrected chi connectivity index (χ1v) is 8.36. The molecule has 1 aromatic heterocycles. The van der Waals surface area contributed by atoms with Crippen molar-refractivity contribution in [2.75, 3.05) is 6.54 Å². The van der Waals surface area contributed by atoms with Crippen LogP contribution in [-0.4, -0.2) is 17.4 Å². The van der Waals surface area contributed by atoms with E-state index in [2.05, 4.69) is 16.2 Å². The van der Waals surface area contributed by atoms with Gasteiger partial charge in [-0.2, -0.15) is 0 Å². The van der Waals surface area contributed by atoms with Gasteiger partial charge in [0.25, 0.3) is 0 Å². The van der Waals surface area contributed by atoms with E-state index in [0.717, 1.165) is 31.2 Å². The Morgan fingerprint density at radius 1 is 1.36 bits per heavy atom. The van der Waals surface area contributed by atoms with Gasteiger partial charge in [0.15, 0.2) is 0 Å². The number of hydrogen-bond acceptors (Lipinski definition) is 2. The van der Waals surface area contributed by atoms with Gasteiger partial charge in [-0.25, -0.2) is 0 Å². The highest BCUT2D eigenvalue weighted by Crippen LogP contribution is 2.28. The molecule has 0 saturated heterocycles. The number of rotatable bonds is 5. The quantitative estimate of drug-likeness (QED) is 0.828. The molecule has 1 fully saturated rings. The summed E-state index contributed by atoms with van der Waals surface area (Å²) in [7, 11) is 0. The molecule has 3 nitrogen and oxygen atoms in total. The second-order valence-electron chi connectivity index (χ2n) is 5.78. The number of pyridine rings is 1. The maximum Gasteiger partial charge on any atom is 0.220 e. The minimum atomic E-state index is 0.0202. The van der Waals surface area contributed by atoms with E-state index in [9.17, 15) is 4.79 Å². The molecule has 0 aliphatic heterocycles. The first kappa shape index (κ1) is 17.1. The number of nitrogens with zero attached hydrogens (tertiary/aromatic N) is 1. The van der Waals surface area contributed by atoms with Crippen LogP contribution in [0.5, 0.6) is 0 Å². The first-order valence-electron chi connectivity index (χ1n) is 7.61. The van der Waals surface area contributed by atoms with Crippen LogP contribution < -0.4 is 5.32 Å². The topological polar surface area (TPSA) is 42.0 Å². The molecule has 0 spiro atoms. The van der Waals surface area contributed by atoms with Crippen LogP contribution >= 0.6 is 23.2 Å². The van der Waals surface area contributed by atoms with Crippen LogP contribution in [0.2, 0.25) is 10.0 Å². The van der Waals surface area contributed by atoms with Gasteiger partial charge in [0.1, 0.15) is 0 Å². The van der Waals surface area contributed by atoms with Crippen molar-refractivity contribution in [1.29, 1.82) is 0 Å². The number of carbonyl (C=O) groups excluding carboxylic acids is 1. The molecule has 1 amide bonds. The summed E-state index contributed by atoms with van der Waals surface area (Å²) in [6.07, 6.45) is 13.9. The van der Waals surface area contributed by atoms with Crippen molar-refractivity contribution in [3.8, 4) is 12.3 Å². The Morgan fingerprint density at radius 2 is 2.09 bits per heavy atom. The molecule has 2 atom stereocenters. The van der Waals surface area contributed by atoms with Crippen LogP contribution in [0.25, 0.3) is 0 Å². The van der Waals surface area contributed by atoms with Gasteiger partial charge in [0.05, 0.1) is 10.0 Å². The number of amides is 1. The van der Waals surface area contributed by atoms with Gasteiger partial charge >= 0.3 is 0 Å². The zero-order valence-electron chi connectivity index (χ0n) is 12.4. The van der Waals surface area contributed by atoms with Gasteiger partial charge in [0.2, 0.25) is 5.91 Å². The second kappa shape index (κ2) is 8.41. The fourth-order valence-electron chi connectivity index (χ4n) is 2.89. The highest BCUT2D eigenvalue weighted by Gasteiger charge is 2.20. The number of halogens is 2. The minimum Gasteiger partial charge on any atom is -0.356 e. The normalized spacial score (nSPS) is 21.1. The van der Waals surface area contributed by atoms with Crippen molar-refractivity contribution >= 4 is 29.1 Å². The third-order valence-corrected chi connectivity index (χ3v) is 4.81. The molecule has 1 aromatic rings. The monoisotopic (exact) mass is 338 g/mol. The van der Waals surface area contributed by atoms with Crippen molar-refractivity contribution in [3.63, 3.8) is 0 Å². The van der Waals surface area contributed by atoms with Crippen LogP contribution in [0.4, 0.5) is 0 Å². The molecule has 118 valence electrons. The highest BCUT2D eigenvalue weighted by atomic mass is 35.5. The zero-order chi connectivity index (χ0) is 15.9. The Hall–Kier alpha value is -1.24. The lowest BCUT2D eigenvalue weighted by molar-refractivity contribution is -0.121. The summed E-state index contributed by atoms with van der Waals surface area (Å²) in [6, 6.07) is 0. The third kappa shape index (κ3) is 4.90. The average molecular weight is 339 g/mol. The Bertz CT molecular complexity index is 548. The summed E-state index contributed by atoms with van der Waals surface area (Å²) in [5.41, 5.74) is 0.776. The summed E-state index contributed by atoms with van der Waals surface area (Å²) >= 11 is 12.1. The Balaban J connectivity index is 1.75. The number of hydrogen-bond donors (Lipinski definition) is 1. The molecule has 1 N–H and O–H groups in total. The van der Waals surface area contributed by atoms with Gasteiger partial charge in [-0.1, -0.05) is 29.6 Å². The van der Waals surface area contributed by atoms with Crippen LogP contribution in [0.3, 0.4) is 0 Å². The summed E-state index contributed by atoms with van der Waals surface area (Å²) in [4.78, 5) is 15.9. The second-order valence-corrected chi connectivity index (χ2v) is 6.60. The maximum atomic E-state index is 12.0. The SMILES string of the molecule is C#C[C@H]1CCC[C@@H](CNC(=O)CCc2c(Cl)cncc2Cl)C1. The average Bonchev–Trinajstić information content (AvgIpc) is 2.52. The summed E-state index contributed by atoms with van der Waals surface area (Å²) in [5.74, 6) is 3.71. The van der Waals surface area contributed by atoms with Crippen LogP contribution in [0.1, 0.15) is 37.7 Å². The van der Waals surface area contributed by atoms with Crippen molar-refractivity contribution in [1.82, 2.24) is 10.3 Å². The molecule has 2 rings (SSSR count). The number of terminal acetylenes is 1. The number of carbonyl (C=O) groups is 1. The minimum absolute atomic E-state index is 0.0202. The Kier molecular flexibility index (Phi) is 6.54. The van der Waals surface area contributed by atoms with E-state index in [4.69, 9.17) is 29.6 Å². The molecule has 0 aromatic carbocycles. The van der Waals surface area contributed by atoms with Crippen LogP contribution in [0, 0.1) is 24.2 Å². The Labute approximate surface area is 141 Å². The van der Waals surface area contributed by atoms with E-state index in [-0.39, 0.29) is 5.91 Å². The molecular formula is C17H20Cl2N2O. The molecule has 0 unspecified atom stereocenters. The smallest absolute Gasteiger partial charge is 0.220 e. The van der Waals surface area contributed by atoms with E-state index in [1.807, 2.05) is 0 Å². The lowest BCUT2D eigenvalue weighted by atomic mass is 9.82. The maximum absolute atomic E-state index is 12.0. The molecule has 5 heteroatoms. The predicted octanol–water partition coefficient (Wildman–Crippen LogP) is 3.88. The molecule has 1 aliphatic carbocycles. The zero-order valence-corrected chi connectivity index (χ0v) is 14.0. The number of nitrogens with one attached hydrogen (secondary N) is 1. The summed E-state index contributed by atoms with van der Waals surface area (Å²) in [6.45, 7) is 0.703. The standard InChI is InChI=1S/C17H20Cl2N2O/c1-2-12-4-3-5-13(8-12)9-21-17(22)7-6-14-15(18)10-20-11-16(14)19/h1,10-13H,3-9H2,(H,21,22)/t12-,13+/m0/s1. The van der Waals surface area contributed by atoms with Crippen molar-refractivity contribution in [2.45, 2.75) is 38.5 Å². The summed E-state index contributed by atoms with van der Waals surface area (Å²) < 4.78 is 0. The van der Waals surface area contributed by atoms with Gasteiger partial charge < -0.3 is 5.32 Å². The van der Waals surface area contributed by atoms with E-state index in [1.54, 1.807) is 12.4 Å². The third-order valence-electron chi connectivity index (χ3n) is 4.16. The van der Waals surface area contributed by atoms with E-state index >= 15 is 0 Å². The molecule has 22 heavy (non-hydrogen) atoms. The van der Waals surface area contributed by atoms with Gasteiger partial charge in [0, 0.05) is 31.3 Å². The fourth-order valence-corrected chi connectivity index (χ4v) is 3.44. The van der Waals surface area contributed by atoms with Gasteiger partial charge in [-0.15, -0.1) is 12.3 Å². The molecule has 1 aliphatic rings. The number of aromatic nitrogens is 1. The molecule has 0 radical (unpaired) electrons. The molecule has 0 bridgehead atoms. The lowest BCUT2D eigenvalue weighted by Gasteiger charge is -2.26. The van der Waals surface area contributed by atoms with Crippen molar-refractivity contribution < 1.29 is 4.79 Å². The van der Waals surface area contributed by atoms with Crippen molar-refractivity contribution in [2.24, 2.45) is 11.8 Å². The largest absolute Gasteiger partial charge is 0.356 e. The van der Waals surface area contributed by atoms with Gasteiger partial charge in [-0.05, 0) is 37.2 Å². The van der Waals surface area contributed by atoms with E-state index in [0.29, 0.717) is 41.3 Å². The van der Waals surface area contributed by atoms with Crippen molar-refractivity contribution in [3.05, 3.63) is 28.0 Å². The Morgan fingerprint density at radius 3 is 2.77 bits per heavy atom. The van der Waals surface area contributed by atoms with E-state index < -0.39 is 0 Å². The van der Waals surface area contributed by atoms with Gasteiger partial charge in [-0.3, -0.25) is 9.78 Å². The predicted molar refractivity (Wildman–Crippen MR) is 89.9 cm³/mol. The summed E-state index contributed by atoms with van der Waals surface area (Å²) in [5, 5.41) is 4.01. The highest BCUT2D eigenvalue weighted by molar-refractivity contribution is 6.35. The molecule has 1 saturated carbocycles. The molecular weight excluding hydrogens is 319 g/mol.